The molecule has 0 unspecified atom stereocenters. The van der Waals surface area contributed by atoms with Gasteiger partial charge in [0.15, 0.2) is 0 Å². The summed E-state index contributed by atoms with van der Waals surface area (Å²) in [4.78, 5) is 17.2. The first-order valence-corrected chi connectivity index (χ1v) is 7.77. The number of carbonyl (C=O) groups excluding carboxylic acids is 1. The standard InChI is InChI=1S/C16H20N6O2/c1-21-7-8-24-14(15(21)13-5-6-19-22(13)2)10-18-16(23)12-4-3-11(9-17)20-12/h3-6,14-15,20H,7-8,10H2,1-2H3,(H,18,23)/t14-,15-/m0/s1. The molecule has 3 heterocycles. The number of rotatable bonds is 4. The van der Waals surface area contributed by atoms with Gasteiger partial charge >= 0.3 is 0 Å². The third kappa shape index (κ3) is 3.18. The average Bonchev–Trinajstić information content (AvgIpc) is 3.21. The van der Waals surface area contributed by atoms with Gasteiger partial charge in [0.05, 0.1) is 24.4 Å². The second kappa shape index (κ2) is 6.86. The van der Waals surface area contributed by atoms with Crippen LogP contribution in [0.2, 0.25) is 0 Å². The van der Waals surface area contributed by atoms with Crippen LogP contribution in [0.15, 0.2) is 24.4 Å². The number of amides is 1. The number of aromatic amines is 1. The molecule has 8 nitrogen and oxygen atoms in total. The highest BCUT2D eigenvalue weighted by atomic mass is 16.5. The third-order valence-electron chi connectivity index (χ3n) is 4.28. The number of likely N-dealkylation sites (N-methyl/N-ethyl adjacent to an activating group) is 1. The van der Waals surface area contributed by atoms with Crippen LogP contribution in [0.5, 0.6) is 0 Å². The first kappa shape index (κ1) is 16.2. The van der Waals surface area contributed by atoms with E-state index in [0.29, 0.717) is 24.5 Å². The Morgan fingerprint density at radius 2 is 2.33 bits per heavy atom. The predicted molar refractivity (Wildman–Crippen MR) is 86.2 cm³/mol. The Labute approximate surface area is 140 Å². The van der Waals surface area contributed by atoms with E-state index >= 15 is 0 Å². The number of ether oxygens (including phenoxy) is 1. The van der Waals surface area contributed by atoms with Gasteiger partial charge in [0.2, 0.25) is 0 Å². The summed E-state index contributed by atoms with van der Waals surface area (Å²) in [5.41, 5.74) is 1.78. The van der Waals surface area contributed by atoms with Gasteiger partial charge in [-0.1, -0.05) is 0 Å². The zero-order valence-corrected chi connectivity index (χ0v) is 13.7. The molecule has 3 rings (SSSR count). The lowest BCUT2D eigenvalue weighted by molar-refractivity contribution is -0.0629. The smallest absolute Gasteiger partial charge is 0.267 e. The summed E-state index contributed by atoms with van der Waals surface area (Å²) >= 11 is 0. The average molecular weight is 328 g/mol. The molecule has 2 aromatic heterocycles. The normalized spacial score (nSPS) is 21.4. The Hall–Kier alpha value is -2.63. The molecule has 24 heavy (non-hydrogen) atoms. The van der Waals surface area contributed by atoms with Crippen LogP contribution >= 0.6 is 0 Å². The molecule has 0 bridgehead atoms. The van der Waals surface area contributed by atoms with E-state index in [1.807, 2.05) is 30.9 Å². The highest BCUT2D eigenvalue weighted by Crippen LogP contribution is 2.27. The zero-order valence-electron chi connectivity index (χ0n) is 13.7. The van der Waals surface area contributed by atoms with E-state index in [4.69, 9.17) is 10.00 Å². The van der Waals surface area contributed by atoms with Gasteiger partial charge in [-0.05, 0) is 25.2 Å². The fraction of sp³-hybridized carbons (Fsp3) is 0.438. The molecule has 126 valence electrons. The Balaban J connectivity index is 1.69. The number of nitrogens with one attached hydrogen (secondary N) is 2. The molecule has 2 atom stereocenters. The molecule has 1 aliphatic rings. The van der Waals surface area contributed by atoms with E-state index in [1.165, 1.54) is 0 Å². The van der Waals surface area contributed by atoms with Gasteiger partial charge < -0.3 is 15.0 Å². The number of carbonyl (C=O) groups is 1. The molecule has 1 aliphatic heterocycles. The van der Waals surface area contributed by atoms with Crippen molar-refractivity contribution in [3.63, 3.8) is 0 Å². The van der Waals surface area contributed by atoms with Crippen molar-refractivity contribution in [1.29, 1.82) is 5.26 Å². The molecule has 0 spiro atoms. The molecule has 0 aromatic carbocycles. The van der Waals surface area contributed by atoms with Crippen molar-refractivity contribution in [1.82, 2.24) is 25.0 Å². The molecule has 2 N–H and O–H groups in total. The number of morpholine rings is 1. The van der Waals surface area contributed by atoms with E-state index in [-0.39, 0.29) is 18.1 Å². The number of aromatic nitrogens is 3. The van der Waals surface area contributed by atoms with Crippen molar-refractivity contribution in [2.75, 3.05) is 26.7 Å². The van der Waals surface area contributed by atoms with Gasteiger partial charge in [0, 0.05) is 26.3 Å². The zero-order chi connectivity index (χ0) is 17.1. The third-order valence-corrected chi connectivity index (χ3v) is 4.28. The van der Waals surface area contributed by atoms with Crippen LogP contribution < -0.4 is 5.32 Å². The van der Waals surface area contributed by atoms with Gasteiger partial charge in [0.1, 0.15) is 17.5 Å². The van der Waals surface area contributed by atoms with E-state index in [0.717, 1.165) is 12.2 Å². The van der Waals surface area contributed by atoms with E-state index < -0.39 is 0 Å². The van der Waals surface area contributed by atoms with Crippen LogP contribution in [0.4, 0.5) is 0 Å². The van der Waals surface area contributed by atoms with Gasteiger partial charge in [-0.3, -0.25) is 14.4 Å². The Kier molecular flexibility index (Phi) is 4.64. The Morgan fingerprint density at radius 3 is 3.00 bits per heavy atom. The maximum atomic E-state index is 12.2. The minimum absolute atomic E-state index is 0.0184. The van der Waals surface area contributed by atoms with Crippen molar-refractivity contribution in [2.45, 2.75) is 12.1 Å². The molecule has 2 aromatic rings. The number of hydrogen-bond acceptors (Lipinski definition) is 5. The molecule has 0 radical (unpaired) electrons. The van der Waals surface area contributed by atoms with Crippen molar-refractivity contribution < 1.29 is 9.53 Å². The van der Waals surface area contributed by atoms with E-state index in [1.54, 1.807) is 18.3 Å². The van der Waals surface area contributed by atoms with Gasteiger partial charge in [0.25, 0.3) is 5.91 Å². The summed E-state index contributed by atoms with van der Waals surface area (Å²) in [7, 11) is 3.94. The molecular weight excluding hydrogens is 308 g/mol. The summed E-state index contributed by atoms with van der Waals surface area (Å²) in [5.74, 6) is -0.253. The number of nitrogens with zero attached hydrogens (tertiary/aromatic N) is 4. The van der Waals surface area contributed by atoms with Gasteiger partial charge in [-0.15, -0.1) is 0 Å². The lowest BCUT2D eigenvalue weighted by Crippen LogP contribution is -2.48. The summed E-state index contributed by atoms with van der Waals surface area (Å²) < 4.78 is 7.72. The molecule has 1 amide bonds. The van der Waals surface area contributed by atoms with E-state index in [9.17, 15) is 4.79 Å². The van der Waals surface area contributed by atoms with Crippen LogP contribution in [-0.2, 0) is 11.8 Å². The highest BCUT2D eigenvalue weighted by molar-refractivity contribution is 5.92. The minimum Gasteiger partial charge on any atom is -0.373 e. The lowest BCUT2D eigenvalue weighted by atomic mass is 10.0. The minimum atomic E-state index is -0.253. The highest BCUT2D eigenvalue weighted by Gasteiger charge is 2.33. The van der Waals surface area contributed by atoms with Crippen LogP contribution in [0.1, 0.15) is 27.9 Å². The van der Waals surface area contributed by atoms with E-state index in [2.05, 4.69) is 20.3 Å². The summed E-state index contributed by atoms with van der Waals surface area (Å²) in [5, 5.41) is 15.9. The largest absolute Gasteiger partial charge is 0.373 e. The Morgan fingerprint density at radius 1 is 1.50 bits per heavy atom. The fourth-order valence-corrected chi connectivity index (χ4v) is 3.00. The SMILES string of the molecule is CN1CCO[C@@H](CNC(=O)c2ccc(C#N)[nH]2)[C@@H]1c1ccnn1C. The maximum Gasteiger partial charge on any atom is 0.267 e. The van der Waals surface area contributed by atoms with Crippen LogP contribution in [0.25, 0.3) is 0 Å². The fourth-order valence-electron chi connectivity index (χ4n) is 3.00. The molecule has 8 heteroatoms. The quantitative estimate of drug-likeness (QED) is 0.847. The molecule has 0 aliphatic carbocycles. The van der Waals surface area contributed by atoms with Crippen molar-refractivity contribution in [2.24, 2.45) is 7.05 Å². The Bertz CT molecular complexity index is 759. The first-order chi connectivity index (χ1) is 11.6. The van der Waals surface area contributed by atoms with Crippen LogP contribution in [-0.4, -0.2) is 58.4 Å². The summed E-state index contributed by atoms with van der Waals surface area (Å²) in [6.45, 7) is 1.81. The van der Waals surface area contributed by atoms with Crippen LogP contribution in [0.3, 0.4) is 0 Å². The second-order valence-electron chi connectivity index (χ2n) is 5.82. The van der Waals surface area contributed by atoms with Crippen molar-refractivity contribution >= 4 is 5.91 Å². The predicted octanol–water partition coefficient (Wildman–Crippen LogP) is 0.422. The molecule has 1 fully saturated rings. The molecule has 1 saturated heterocycles. The van der Waals surface area contributed by atoms with Crippen LogP contribution in [0, 0.1) is 11.3 Å². The first-order valence-electron chi connectivity index (χ1n) is 7.77. The lowest BCUT2D eigenvalue weighted by Gasteiger charge is -2.39. The number of nitriles is 1. The number of hydrogen-bond donors (Lipinski definition) is 2. The van der Waals surface area contributed by atoms with Crippen molar-refractivity contribution in [3.05, 3.63) is 41.5 Å². The second-order valence-corrected chi connectivity index (χ2v) is 5.82. The number of H-pyrrole nitrogens is 1. The summed E-state index contributed by atoms with van der Waals surface area (Å²) in [6.07, 6.45) is 1.59. The monoisotopic (exact) mass is 328 g/mol. The molecule has 0 saturated carbocycles. The maximum absolute atomic E-state index is 12.2. The van der Waals surface area contributed by atoms with Gasteiger partial charge in [-0.2, -0.15) is 10.4 Å². The van der Waals surface area contributed by atoms with Gasteiger partial charge in [-0.25, -0.2) is 0 Å². The van der Waals surface area contributed by atoms with Crippen molar-refractivity contribution in [3.8, 4) is 6.07 Å². The molecular formula is C16H20N6O2. The topological polar surface area (TPSA) is 99.0 Å². The summed E-state index contributed by atoms with van der Waals surface area (Å²) in [6, 6.07) is 7.13. The number of aryl methyl sites for hydroxylation is 1.